The van der Waals surface area contributed by atoms with Gasteiger partial charge in [-0.2, -0.15) is 0 Å². The molecule has 1 aliphatic heterocycles. The van der Waals surface area contributed by atoms with Crippen LogP contribution < -0.4 is 15.0 Å². The van der Waals surface area contributed by atoms with E-state index in [-0.39, 0.29) is 17.9 Å². The molecule has 0 radical (unpaired) electrons. The third-order valence-corrected chi connectivity index (χ3v) is 5.53. The van der Waals surface area contributed by atoms with Crippen molar-refractivity contribution in [2.24, 2.45) is 0 Å². The summed E-state index contributed by atoms with van der Waals surface area (Å²) in [6.07, 6.45) is 1.33. The number of carbonyl (C=O) groups is 3. The Hall–Kier alpha value is -3.78. The lowest BCUT2D eigenvalue weighted by molar-refractivity contribution is -0.122. The van der Waals surface area contributed by atoms with Crippen LogP contribution in [0.5, 0.6) is 5.75 Å². The number of para-hydroxylation sites is 2. The maximum Gasteiger partial charge on any atom is 0.336 e. The minimum absolute atomic E-state index is 0.244. The Morgan fingerprint density at radius 3 is 2.41 bits per heavy atom. The van der Waals surface area contributed by atoms with Gasteiger partial charge in [-0.1, -0.05) is 64.5 Å². The molecule has 3 aromatic carbocycles. The first-order valence-electron chi connectivity index (χ1n) is 9.57. The first-order chi connectivity index (χ1) is 15.5. The van der Waals surface area contributed by atoms with E-state index in [1.807, 2.05) is 24.3 Å². The Bertz CT molecular complexity index is 1260. The summed E-state index contributed by atoms with van der Waals surface area (Å²) in [5, 5.41) is 2.09. The lowest BCUT2D eigenvalue weighted by Crippen LogP contribution is -2.54. The molecule has 0 aliphatic carbocycles. The summed E-state index contributed by atoms with van der Waals surface area (Å²) in [5.74, 6) is -2.12. The number of anilines is 1. The molecule has 4 amide bonds. The largest absolute Gasteiger partial charge is 0.488 e. The van der Waals surface area contributed by atoms with Crippen molar-refractivity contribution < 1.29 is 23.5 Å². The van der Waals surface area contributed by atoms with Crippen LogP contribution in [0.3, 0.4) is 0 Å². The number of barbiturate groups is 1. The molecule has 4 rings (SSSR count). The number of nitrogens with zero attached hydrogens (tertiary/aromatic N) is 1. The quantitative estimate of drug-likeness (QED) is 0.407. The van der Waals surface area contributed by atoms with Gasteiger partial charge in [0.1, 0.15) is 23.7 Å². The zero-order chi connectivity index (χ0) is 22.7. The molecule has 1 N–H and O–H groups in total. The molecule has 0 saturated carbocycles. The second-order valence-electron chi connectivity index (χ2n) is 6.83. The summed E-state index contributed by atoms with van der Waals surface area (Å²) >= 11 is 3.47. The molecule has 0 atom stereocenters. The van der Waals surface area contributed by atoms with E-state index in [0.717, 1.165) is 16.1 Å². The number of amides is 4. The van der Waals surface area contributed by atoms with Gasteiger partial charge in [0, 0.05) is 15.6 Å². The average Bonchev–Trinajstić information content (AvgIpc) is 2.78. The Labute approximate surface area is 191 Å². The zero-order valence-corrected chi connectivity index (χ0v) is 18.1. The van der Waals surface area contributed by atoms with Gasteiger partial charge in [-0.15, -0.1) is 0 Å². The van der Waals surface area contributed by atoms with Crippen molar-refractivity contribution in [1.29, 1.82) is 0 Å². The Morgan fingerprint density at radius 1 is 0.938 bits per heavy atom. The molecule has 0 bridgehead atoms. The number of ether oxygens (including phenoxy) is 1. The molecule has 32 heavy (non-hydrogen) atoms. The van der Waals surface area contributed by atoms with E-state index in [9.17, 15) is 18.8 Å². The fourth-order valence-corrected chi connectivity index (χ4v) is 3.57. The fourth-order valence-electron chi connectivity index (χ4n) is 3.17. The number of rotatable bonds is 5. The Morgan fingerprint density at radius 2 is 1.62 bits per heavy atom. The molecule has 1 saturated heterocycles. The number of urea groups is 1. The van der Waals surface area contributed by atoms with Gasteiger partial charge in [-0.05, 0) is 30.3 Å². The number of nitrogens with one attached hydrogen (secondary N) is 1. The molecule has 8 heteroatoms. The van der Waals surface area contributed by atoms with Crippen molar-refractivity contribution in [2.75, 3.05) is 4.90 Å². The summed E-state index contributed by atoms with van der Waals surface area (Å²) < 4.78 is 21.0. The highest BCUT2D eigenvalue weighted by Crippen LogP contribution is 2.27. The predicted molar refractivity (Wildman–Crippen MR) is 120 cm³/mol. The van der Waals surface area contributed by atoms with Crippen molar-refractivity contribution in [2.45, 2.75) is 6.61 Å². The third kappa shape index (κ3) is 4.31. The number of carbonyl (C=O) groups excluding carboxylic acids is 3. The Balaban J connectivity index is 1.66. The van der Waals surface area contributed by atoms with Crippen LogP contribution in [-0.2, 0) is 16.2 Å². The van der Waals surface area contributed by atoms with Gasteiger partial charge in [0.25, 0.3) is 11.8 Å². The first-order valence-corrected chi connectivity index (χ1v) is 10.4. The second kappa shape index (κ2) is 9.15. The number of benzene rings is 3. The summed E-state index contributed by atoms with van der Waals surface area (Å²) in [5.41, 5.74) is 0.815. The number of halogens is 2. The number of imide groups is 2. The summed E-state index contributed by atoms with van der Waals surface area (Å²) in [7, 11) is 0. The van der Waals surface area contributed by atoms with Gasteiger partial charge >= 0.3 is 6.03 Å². The van der Waals surface area contributed by atoms with Crippen LogP contribution in [0, 0.1) is 5.82 Å². The van der Waals surface area contributed by atoms with Gasteiger partial charge < -0.3 is 4.74 Å². The molecule has 6 nitrogen and oxygen atoms in total. The standard InChI is InChI=1S/C24H16BrFN2O4/c25-18-9-3-1-8-16(18)14-32-21-12-6-2-7-15(21)13-17-22(29)27-24(31)28(23(17)30)20-11-5-4-10-19(20)26/h1-13H,14H2,(H,27,29,31)/b17-13-. The Kier molecular flexibility index (Phi) is 6.13. The van der Waals surface area contributed by atoms with Crippen molar-refractivity contribution in [3.63, 3.8) is 0 Å². The van der Waals surface area contributed by atoms with Crippen LogP contribution >= 0.6 is 15.9 Å². The minimum Gasteiger partial charge on any atom is -0.488 e. The highest BCUT2D eigenvalue weighted by molar-refractivity contribution is 9.10. The summed E-state index contributed by atoms with van der Waals surface area (Å²) in [6, 6.07) is 18.8. The van der Waals surface area contributed by atoms with E-state index in [4.69, 9.17) is 4.74 Å². The van der Waals surface area contributed by atoms with Crippen LogP contribution in [0.25, 0.3) is 6.08 Å². The van der Waals surface area contributed by atoms with Crippen molar-refractivity contribution >= 4 is 45.5 Å². The van der Waals surface area contributed by atoms with Gasteiger partial charge in [0.2, 0.25) is 0 Å². The van der Waals surface area contributed by atoms with E-state index in [1.54, 1.807) is 24.3 Å². The van der Waals surface area contributed by atoms with Crippen LogP contribution in [-0.4, -0.2) is 17.8 Å². The second-order valence-corrected chi connectivity index (χ2v) is 7.68. The average molecular weight is 495 g/mol. The molecule has 0 spiro atoms. The van der Waals surface area contributed by atoms with Crippen LogP contribution in [0.1, 0.15) is 11.1 Å². The SMILES string of the molecule is O=C1NC(=O)N(c2ccccc2F)C(=O)/C1=C\c1ccccc1OCc1ccccc1Br. The summed E-state index contributed by atoms with van der Waals surface area (Å²) in [6.45, 7) is 0.252. The van der Waals surface area contributed by atoms with E-state index in [1.165, 1.54) is 24.3 Å². The van der Waals surface area contributed by atoms with Gasteiger partial charge in [-0.3, -0.25) is 14.9 Å². The molecule has 160 valence electrons. The van der Waals surface area contributed by atoms with Crippen molar-refractivity contribution in [1.82, 2.24) is 5.32 Å². The molecular formula is C24H16BrFN2O4. The molecule has 1 aliphatic rings. The van der Waals surface area contributed by atoms with E-state index in [0.29, 0.717) is 16.2 Å². The summed E-state index contributed by atoms with van der Waals surface area (Å²) in [4.78, 5) is 38.3. The molecule has 0 aromatic heterocycles. The topological polar surface area (TPSA) is 75.7 Å². The molecule has 0 unspecified atom stereocenters. The van der Waals surface area contributed by atoms with E-state index < -0.39 is 23.7 Å². The van der Waals surface area contributed by atoms with E-state index >= 15 is 0 Å². The molecule has 3 aromatic rings. The van der Waals surface area contributed by atoms with Gasteiger partial charge in [-0.25, -0.2) is 14.1 Å². The molecule has 1 fully saturated rings. The zero-order valence-electron chi connectivity index (χ0n) is 16.5. The first kappa shape index (κ1) is 21.5. The lowest BCUT2D eigenvalue weighted by atomic mass is 10.1. The van der Waals surface area contributed by atoms with E-state index in [2.05, 4.69) is 21.2 Å². The highest BCUT2D eigenvalue weighted by Gasteiger charge is 2.38. The normalized spacial score (nSPS) is 15.1. The van der Waals surface area contributed by atoms with Crippen molar-refractivity contribution in [3.8, 4) is 5.75 Å². The molecular weight excluding hydrogens is 479 g/mol. The minimum atomic E-state index is -1.01. The number of hydrogen-bond acceptors (Lipinski definition) is 4. The smallest absolute Gasteiger partial charge is 0.336 e. The van der Waals surface area contributed by atoms with Crippen molar-refractivity contribution in [3.05, 3.63) is 99.8 Å². The molecule has 1 heterocycles. The van der Waals surface area contributed by atoms with Crippen LogP contribution in [0.15, 0.2) is 82.8 Å². The fraction of sp³-hybridized carbons (Fsp3) is 0.0417. The van der Waals surface area contributed by atoms with Gasteiger partial charge in [0.05, 0.1) is 5.69 Å². The maximum absolute atomic E-state index is 14.2. The van der Waals surface area contributed by atoms with Gasteiger partial charge in [0.15, 0.2) is 0 Å². The monoisotopic (exact) mass is 494 g/mol. The number of hydrogen-bond donors (Lipinski definition) is 1. The highest BCUT2D eigenvalue weighted by atomic mass is 79.9. The lowest BCUT2D eigenvalue weighted by Gasteiger charge is -2.26. The predicted octanol–water partition coefficient (Wildman–Crippen LogP) is 4.83. The van der Waals surface area contributed by atoms with Crippen LogP contribution in [0.2, 0.25) is 0 Å². The van der Waals surface area contributed by atoms with Crippen LogP contribution in [0.4, 0.5) is 14.9 Å². The maximum atomic E-state index is 14.2. The third-order valence-electron chi connectivity index (χ3n) is 4.75.